The Bertz CT molecular complexity index is 408. The Labute approximate surface area is 84.9 Å². The highest BCUT2D eigenvalue weighted by molar-refractivity contribution is 5.99. The molecule has 0 bridgehead atoms. The van der Waals surface area contributed by atoms with Crippen molar-refractivity contribution in [2.24, 2.45) is 0 Å². The second-order valence-electron chi connectivity index (χ2n) is 2.72. The number of Topliss-reactive ketones (excluding diaryl/α,β-unsaturated/α-hetero) is 1. The van der Waals surface area contributed by atoms with E-state index in [4.69, 9.17) is 0 Å². The van der Waals surface area contributed by atoms with Crippen LogP contribution in [-0.4, -0.2) is 16.9 Å². The number of alkyl halides is 6. The number of rotatable bonds is 1. The Balaban J connectivity index is 3.31. The summed E-state index contributed by atoms with van der Waals surface area (Å²) in [4.78, 5) is 13.5. The van der Waals surface area contributed by atoms with Crippen molar-refractivity contribution < 1.29 is 31.1 Å². The maximum absolute atomic E-state index is 12.2. The van der Waals surface area contributed by atoms with Gasteiger partial charge in [-0.2, -0.15) is 26.3 Å². The largest absolute Gasteiger partial charge is 0.456 e. The quantitative estimate of drug-likeness (QED) is 0.560. The summed E-state index contributed by atoms with van der Waals surface area (Å²) < 4.78 is 72.6. The van der Waals surface area contributed by atoms with E-state index in [1.54, 1.807) is 0 Å². The first-order chi connectivity index (χ1) is 7.14. The van der Waals surface area contributed by atoms with Crippen molar-refractivity contribution >= 4 is 5.78 Å². The molecule has 0 spiro atoms. The molecule has 1 heterocycles. The molecule has 0 radical (unpaired) electrons. The van der Waals surface area contributed by atoms with Gasteiger partial charge >= 0.3 is 12.4 Å². The van der Waals surface area contributed by atoms with Crippen LogP contribution in [-0.2, 0) is 6.18 Å². The van der Waals surface area contributed by atoms with Crippen LogP contribution < -0.4 is 0 Å². The van der Waals surface area contributed by atoms with E-state index in [9.17, 15) is 31.1 Å². The Hall–Kier alpha value is -1.60. The lowest BCUT2D eigenvalue weighted by Crippen LogP contribution is -2.27. The smallest absolute Gasteiger partial charge is 0.282 e. The molecular weight excluding hydrogens is 240 g/mol. The van der Waals surface area contributed by atoms with Crippen LogP contribution in [0.15, 0.2) is 18.3 Å². The number of nitrogens with zero attached hydrogens (tertiary/aromatic N) is 1. The first-order valence-electron chi connectivity index (χ1n) is 3.78. The van der Waals surface area contributed by atoms with Crippen LogP contribution in [0.25, 0.3) is 0 Å². The molecule has 1 rings (SSSR count). The first-order valence-corrected chi connectivity index (χ1v) is 3.78. The minimum absolute atomic E-state index is 0.367. The molecule has 0 saturated heterocycles. The summed E-state index contributed by atoms with van der Waals surface area (Å²) in [5.74, 6) is -2.61. The topological polar surface area (TPSA) is 30.0 Å². The van der Waals surface area contributed by atoms with E-state index in [1.165, 1.54) is 0 Å². The van der Waals surface area contributed by atoms with Crippen LogP contribution in [0.2, 0.25) is 0 Å². The fraction of sp³-hybridized carbons (Fsp3) is 0.250. The van der Waals surface area contributed by atoms with Gasteiger partial charge in [-0.3, -0.25) is 9.78 Å². The van der Waals surface area contributed by atoms with Crippen LogP contribution in [0.4, 0.5) is 26.3 Å². The third kappa shape index (κ3) is 2.50. The molecule has 0 unspecified atom stereocenters. The van der Waals surface area contributed by atoms with Gasteiger partial charge in [0.15, 0.2) is 0 Å². The average Bonchev–Trinajstić information content (AvgIpc) is 2.14. The number of ketones is 1. The molecule has 0 aliphatic heterocycles. The van der Waals surface area contributed by atoms with E-state index >= 15 is 0 Å². The third-order valence-corrected chi connectivity index (χ3v) is 1.59. The molecule has 8 heteroatoms. The highest BCUT2D eigenvalue weighted by Crippen LogP contribution is 2.33. The van der Waals surface area contributed by atoms with Crippen molar-refractivity contribution in [2.45, 2.75) is 12.4 Å². The number of hydrogen-bond acceptors (Lipinski definition) is 2. The lowest BCUT2D eigenvalue weighted by atomic mass is 10.1. The van der Waals surface area contributed by atoms with Crippen LogP contribution in [0.5, 0.6) is 0 Å². The van der Waals surface area contributed by atoms with Gasteiger partial charge < -0.3 is 0 Å². The fourth-order valence-corrected chi connectivity index (χ4v) is 0.949. The predicted octanol–water partition coefficient (Wildman–Crippen LogP) is 2.85. The van der Waals surface area contributed by atoms with Gasteiger partial charge in [0.25, 0.3) is 5.78 Å². The van der Waals surface area contributed by atoms with E-state index in [0.717, 1.165) is 6.07 Å². The van der Waals surface area contributed by atoms with Crippen LogP contribution in [0, 0.1) is 0 Å². The van der Waals surface area contributed by atoms with Gasteiger partial charge in [-0.25, -0.2) is 0 Å². The fourth-order valence-electron chi connectivity index (χ4n) is 0.949. The number of aromatic nitrogens is 1. The Morgan fingerprint density at radius 3 is 2.12 bits per heavy atom. The SMILES string of the molecule is O=C(c1ncccc1C(F)(F)F)C(F)(F)F. The molecule has 0 amide bonds. The van der Waals surface area contributed by atoms with Gasteiger partial charge in [0, 0.05) is 6.20 Å². The normalized spacial score (nSPS) is 12.6. The van der Waals surface area contributed by atoms with Crippen LogP contribution in [0.1, 0.15) is 16.1 Å². The molecule has 0 fully saturated rings. The van der Waals surface area contributed by atoms with Gasteiger partial charge in [-0.05, 0) is 12.1 Å². The summed E-state index contributed by atoms with van der Waals surface area (Å²) in [7, 11) is 0. The second kappa shape index (κ2) is 3.76. The Kier molecular flexibility index (Phi) is 2.93. The van der Waals surface area contributed by atoms with Gasteiger partial charge in [-0.15, -0.1) is 0 Å². The summed E-state index contributed by atoms with van der Waals surface area (Å²) in [5, 5.41) is 0. The van der Waals surface area contributed by atoms with E-state index in [2.05, 4.69) is 4.98 Å². The number of carbonyl (C=O) groups excluding carboxylic acids is 1. The minimum Gasteiger partial charge on any atom is -0.282 e. The molecule has 0 N–H and O–H groups in total. The summed E-state index contributed by atoms with van der Waals surface area (Å²) in [6, 6.07) is 1.17. The van der Waals surface area contributed by atoms with Crippen LogP contribution in [0.3, 0.4) is 0 Å². The van der Waals surface area contributed by atoms with E-state index in [1.807, 2.05) is 0 Å². The molecule has 2 nitrogen and oxygen atoms in total. The van der Waals surface area contributed by atoms with Crippen LogP contribution >= 0.6 is 0 Å². The molecule has 0 aliphatic rings. The third-order valence-electron chi connectivity index (χ3n) is 1.59. The molecule has 0 aromatic carbocycles. The van der Waals surface area contributed by atoms with E-state index < -0.39 is 29.4 Å². The van der Waals surface area contributed by atoms with Gasteiger partial charge in [0.05, 0.1) is 5.56 Å². The number of halogens is 6. The molecule has 1 aromatic rings. The number of pyridine rings is 1. The zero-order valence-corrected chi connectivity index (χ0v) is 7.36. The summed E-state index contributed by atoms with van der Waals surface area (Å²) in [6.45, 7) is 0. The highest BCUT2D eigenvalue weighted by Gasteiger charge is 2.45. The lowest BCUT2D eigenvalue weighted by molar-refractivity contribution is -0.138. The predicted molar refractivity (Wildman–Crippen MR) is 39.6 cm³/mol. The minimum atomic E-state index is -5.38. The summed E-state index contributed by atoms with van der Waals surface area (Å²) in [5.41, 5.74) is -3.33. The van der Waals surface area contributed by atoms with Crippen molar-refractivity contribution in [3.63, 3.8) is 0 Å². The van der Waals surface area contributed by atoms with Crippen molar-refractivity contribution in [3.8, 4) is 0 Å². The van der Waals surface area contributed by atoms with Gasteiger partial charge in [-0.1, -0.05) is 0 Å². The molecule has 0 aliphatic carbocycles. The van der Waals surface area contributed by atoms with Gasteiger partial charge in [0.2, 0.25) is 0 Å². The molecule has 0 saturated carbocycles. The molecule has 0 atom stereocenters. The van der Waals surface area contributed by atoms with Crippen molar-refractivity contribution in [1.29, 1.82) is 0 Å². The van der Waals surface area contributed by atoms with E-state index in [-0.39, 0.29) is 0 Å². The van der Waals surface area contributed by atoms with Gasteiger partial charge in [0.1, 0.15) is 5.69 Å². The number of carbonyl (C=O) groups is 1. The first kappa shape index (κ1) is 12.5. The Morgan fingerprint density at radius 2 is 1.69 bits per heavy atom. The zero-order chi connectivity index (χ0) is 12.6. The second-order valence-corrected chi connectivity index (χ2v) is 2.72. The zero-order valence-electron chi connectivity index (χ0n) is 7.36. The van der Waals surface area contributed by atoms with Crippen molar-refractivity contribution in [2.75, 3.05) is 0 Å². The standard InChI is InChI=1S/C8H3F6NO/c9-7(10,11)4-2-1-3-15-5(4)6(16)8(12,13)14/h1-3H. The molecule has 16 heavy (non-hydrogen) atoms. The van der Waals surface area contributed by atoms with Crippen molar-refractivity contribution in [3.05, 3.63) is 29.6 Å². The lowest BCUT2D eigenvalue weighted by Gasteiger charge is -2.11. The average molecular weight is 243 g/mol. The van der Waals surface area contributed by atoms with Crippen molar-refractivity contribution in [1.82, 2.24) is 4.98 Å². The summed E-state index contributed by atoms with van der Waals surface area (Å²) >= 11 is 0. The molecule has 1 aromatic heterocycles. The maximum atomic E-state index is 12.2. The molecule has 88 valence electrons. The highest BCUT2D eigenvalue weighted by atomic mass is 19.4. The Morgan fingerprint density at radius 1 is 1.12 bits per heavy atom. The van der Waals surface area contributed by atoms with E-state index in [0.29, 0.717) is 12.3 Å². The maximum Gasteiger partial charge on any atom is 0.456 e. The monoisotopic (exact) mass is 243 g/mol. The number of hydrogen-bond donors (Lipinski definition) is 0. The summed E-state index contributed by atoms with van der Waals surface area (Å²) in [6.07, 6.45) is -9.74. The molecular formula is C8H3F6NO.